The second kappa shape index (κ2) is 7.79. The average molecular weight is 340 g/mol. The summed E-state index contributed by atoms with van der Waals surface area (Å²) in [6.07, 6.45) is 1.68. The van der Waals surface area contributed by atoms with E-state index in [0.717, 1.165) is 17.7 Å². The zero-order valence-electron chi connectivity index (χ0n) is 13.8. The molecule has 0 bridgehead atoms. The zero-order chi connectivity index (χ0) is 17.6. The number of nitro groups is 1. The molecule has 0 spiro atoms. The van der Waals surface area contributed by atoms with Gasteiger partial charge in [-0.1, -0.05) is 30.3 Å². The zero-order valence-corrected chi connectivity index (χ0v) is 13.8. The molecule has 1 atom stereocenters. The van der Waals surface area contributed by atoms with Gasteiger partial charge in [0, 0.05) is 31.0 Å². The van der Waals surface area contributed by atoms with Gasteiger partial charge in [0.15, 0.2) is 0 Å². The number of aryl methyl sites for hydroxylation is 1. The molecule has 0 saturated heterocycles. The number of ether oxygens (including phenoxy) is 1. The van der Waals surface area contributed by atoms with Crippen LogP contribution in [-0.2, 0) is 17.6 Å². The standard InChI is InChI=1S/C19H20N2O4/c22-19(9-8-14-4-3-6-17(11-14)21(23)24)20-12-15-10-16-5-1-2-7-18(16)25-13-15/h1-7,11,15H,8-10,12-13H2,(H,20,22)/t15-/m1/s1. The Morgan fingerprint density at radius 2 is 2.08 bits per heavy atom. The van der Waals surface area contributed by atoms with Crippen LogP contribution in [0.1, 0.15) is 17.5 Å². The van der Waals surface area contributed by atoms with E-state index in [1.807, 2.05) is 24.3 Å². The Hall–Kier alpha value is -2.89. The van der Waals surface area contributed by atoms with Crippen molar-refractivity contribution in [2.75, 3.05) is 13.2 Å². The molecule has 1 aliphatic heterocycles. The van der Waals surface area contributed by atoms with Crippen LogP contribution in [0.25, 0.3) is 0 Å². The van der Waals surface area contributed by atoms with Gasteiger partial charge in [0.2, 0.25) is 5.91 Å². The molecular weight excluding hydrogens is 320 g/mol. The van der Waals surface area contributed by atoms with Gasteiger partial charge >= 0.3 is 0 Å². The van der Waals surface area contributed by atoms with Gasteiger partial charge in [0.1, 0.15) is 5.75 Å². The summed E-state index contributed by atoms with van der Waals surface area (Å²) in [5.74, 6) is 1.14. The van der Waals surface area contributed by atoms with Gasteiger partial charge in [0.25, 0.3) is 5.69 Å². The fourth-order valence-corrected chi connectivity index (χ4v) is 2.95. The molecule has 6 nitrogen and oxygen atoms in total. The number of carbonyl (C=O) groups excluding carboxylic acids is 1. The van der Waals surface area contributed by atoms with E-state index in [-0.39, 0.29) is 17.5 Å². The van der Waals surface area contributed by atoms with Crippen LogP contribution in [0.5, 0.6) is 5.75 Å². The lowest BCUT2D eigenvalue weighted by atomic mass is 9.96. The van der Waals surface area contributed by atoms with Crippen molar-refractivity contribution < 1.29 is 14.5 Å². The first kappa shape index (κ1) is 17.0. The quantitative estimate of drug-likeness (QED) is 0.647. The number of nitro benzene ring substituents is 1. The van der Waals surface area contributed by atoms with Crippen LogP contribution in [0.15, 0.2) is 48.5 Å². The monoisotopic (exact) mass is 340 g/mol. The van der Waals surface area contributed by atoms with Crippen molar-refractivity contribution in [3.63, 3.8) is 0 Å². The lowest BCUT2D eigenvalue weighted by Crippen LogP contribution is -2.34. The molecule has 0 saturated carbocycles. The van der Waals surface area contributed by atoms with Gasteiger partial charge < -0.3 is 10.1 Å². The van der Waals surface area contributed by atoms with E-state index >= 15 is 0 Å². The first-order valence-electron chi connectivity index (χ1n) is 8.32. The third-order valence-corrected chi connectivity index (χ3v) is 4.31. The van der Waals surface area contributed by atoms with Gasteiger partial charge in [-0.05, 0) is 30.0 Å². The second-order valence-electron chi connectivity index (χ2n) is 6.22. The normalized spacial score (nSPS) is 15.8. The van der Waals surface area contributed by atoms with Crippen LogP contribution in [-0.4, -0.2) is 24.0 Å². The topological polar surface area (TPSA) is 81.5 Å². The van der Waals surface area contributed by atoms with Gasteiger partial charge in [-0.25, -0.2) is 0 Å². The summed E-state index contributed by atoms with van der Waals surface area (Å²) in [5, 5.41) is 13.7. The number of fused-ring (bicyclic) bond motifs is 1. The number of nitrogens with zero attached hydrogens (tertiary/aromatic N) is 1. The van der Waals surface area contributed by atoms with Crippen molar-refractivity contribution in [3.05, 3.63) is 69.8 Å². The van der Waals surface area contributed by atoms with Crippen molar-refractivity contribution >= 4 is 11.6 Å². The van der Waals surface area contributed by atoms with E-state index in [9.17, 15) is 14.9 Å². The molecule has 1 amide bonds. The summed E-state index contributed by atoms with van der Waals surface area (Å²) in [6, 6.07) is 14.4. The molecule has 0 aromatic heterocycles. The molecule has 6 heteroatoms. The van der Waals surface area contributed by atoms with E-state index in [1.165, 1.54) is 17.7 Å². The molecule has 130 valence electrons. The molecule has 0 fully saturated rings. The molecule has 2 aromatic carbocycles. The lowest BCUT2D eigenvalue weighted by Gasteiger charge is -2.25. The summed E-state index contributed by atoms with van der Waals surface area (Å²) in [7, 11) is 0. The summed E-state index contributed by atoms with van der Waals surface area (Å²) >= 11 is 0. The largest absolute Gasteiger partial charge is 0.493 e. The number of para-hydroxylation sites is 1. The third-order valence-electron chi connectivity index (χ3n) is 4.31. The smallest absolute Gasteiger partial charge is 0.269 e. The van der Waals surface area contributed by atoms with Gasteiger partial charge in [-0.3, -0.25) is 14.9 Å². The summed E-state index contributed by atoms with van der Waals surface area (Å²) < 4.78 is 5.72. The fraction of sp³-hybridized carbons (Fsp3) is 0.316. The Labute approximate surface area is 146 Å². The molecule has 1 aliphatic rings. The highest BCUT2D eigenvalue weighted by Crippen LogP contribution is 2.26. The SMILES string of the molecule is O=C(CCc1cccc([N+](=O)[O-])c1)NC[C@@H]1COc2ccccc2C1. The maximum Gasteiger partial charge on any atom is 0.269 e. The van der Waals surface area contributed by atoms with Crippen molar-refractivity contribution in [2.45, 2.75) is 19.3 Å². The number of hydrogen-bond acceptors (Lipinski definition) is 4. The van der Waals surface area contributed by atoms with Gasteiger partial charge in [-0.2, -0.15) is 0 Å². The van der Waals surface area contributed by atoms with E-state index in [2.05, 4.69) is 5.32 Å². The molecular formula is C19H20N2O4. The molecule has 1 heterocycles. The van der Waals surface area contributed by atoms with Crippen molar-refractivity contribution in [1.82, 2.24) is 5.32 Å². The molecule has 0 aliphatic carbocycles. The predicted octanol–water partition coefficient (Wildman–Crippen LogP) is 2.89. The van der Waals surface area contributed by atoms with Crippen LogP contribution in [0.2, 0.25) is 0 Å². The van der Waals surface area contributed by atoms with Crippen LogP contribution in [0, 0.1) is 16.0 Å². The highest BCUT2D eigenvalue weighted by molar-refractivity contribution is 5.76. The first-order valence-corrected chi connectivity index (χ1v) is 8.32. The van der Waals surface area contributed by atoms with Crippen molar-refractivity contribution in [2.24, 2.45) is 5.92 Å². The molecule has 2 aromatic rings. The van der Waals surface area contributed by atoms with Gasteiger partial charge in [0.05, 0.1) is 11.5 Å². The first-order chi connectivity index (χ1) is 12.1. The Bertz CT molecular complexity index is 776. The van der Waals surface area contributed by atoms with Crippen LogP contribution in [0.4, 0.5) is 5.69 Å². The highest BCUT2D eigenvalue weighted by Gasteiger charge is 2.19. The summed E-state index contributed by atoms with van der Waals surface area (Å²) in [5.41, 5.74) is 2.01. The Balaban J connectivity index is 1.44. The van der Waals surface area contributed by atoms with E-state index < -0.39 is 4.92 Å². The Kier molecular flexibility index (Phi) is 5.28. The number of carbonyl (C=O) groups is 1. The number of benzene rings is 2. The number of non-ortho nitro benzene ring substituents is 1. The molecule has 1 N–H and O–H groups in total. The Morgan fingerprint density at radius 3 is 2.92 bits per heavy atom. The maximum absolute atomic E-state index is 12.0. The predicted molar refractivity (Wildman–Crippen MR) is 93.6 cm³/mol. The second-order valence-corrected chi connectivity index (χ2v) is 6.22. The minimum Gasteiger partial charge on any atom is -0.493 e. The number of amides is 1. The molecule has 0 unspecified atom stereocenters. The van der Waals surface area contributed by atoms with E-state index in [1.54, 1.807) is 12.1 Å². The number of rotatable bonds is 6. The third kappa shape index (κ3) is 4.56. The van der Waals surface area contributed by atoms with Crippen LogP contribution < -0.4 is 10.1 Å². The van der Waals surface area contributed by atoms with E-state index in [0.29, 0.717) is 26.0 Å². The molecule has 3 rings (SSSR count). The van der Waals surface area contributed by atoms with E-state index in [4.69, 9.17) is 4.74 Å². The summed E-state index contributed by atoms with van der Waals surface area (Å²) in [6.45, 7) is 1.17. The molecule has 25 heavy (non-hydrogen) atoms. The highest BCUT2D eigenvalue weighted by atomic mass is 16.6. The Morgan fingerprint density at radius 1 is 1.24 bits per heavy atom. The lowest BCUT2D eigenvalue weighted by molar-refractivity contribution is -0.384. The van der Waals surface area contributed by atoms with Crippen LogP contribution in [0.3, 0.4) is 0 Å². The average Bonchev–Trinajstić information content (AvgIpc) is 2.64. The number of hydrogen-bond donors (Lipinski definition) is 1. The summed E-state index contributed by atoms with van der Waals surface area (Å²) in [4.78, 5) is 22.4. The van der Waals surface area contributed by atoms with Gasteiger partial charge in [-0.15, -0.1) is 0 Å². The molecule has 0 radical (unpaired) electrons. The van der Waals surface area contributed by atoms with Crippen LogP contribution >= 0.6 is 0 Å². The van der Waals surface area contributed by atoms with Crippen molar-refractivity contribution in [3.8, 4) is 5.75 Å². The maximum atomic E-state index is 12.0. The minimum absolute atomic E-state index is 0.0506. The van der Waals surface area contributed by atoms with Crippen molar-refractivity contribution in [1.29, 1.82) is 0 Å². The number of nitrogens with one attached hydrogen (secondary N) is 1. The fourth-order valence-electron chi connectivity index (χ4n) is 2.95. The minimum atomic E-state index is -0.426.